The van der Waals surface area contributed by atoms with E-state index in [0.717, 1.165) is 11.3 Å². The number of nitrogen functional groups attached to an aromatic ring is 1. The highest BCUT2D eigenvalue weighted by Crippen LogP contribution is 2.22. The molecule has 0 aliphatic carbocycles. The number of Topliss-reactive ketones (excluding diaryl/α,β-unsaturated/α-hetero) is 1. The number of thiazole rings is 1. The number of aromatic nitrogens is 1. The summed E-state index contributed by atoms with van der Waals surface area (Å²) in [5.74, 6) is -0.577. The highest BCUT2D eigenvalue weighted by atomic mass is 79.9. The Labute approximate surface area is 98.8 Å². The first-order valence-electron chi connectivity index (χ1n) is 3.99. The van der Waals surface area contributed by atoms with Gasteiger partial charge in [0, 0.05) is 0 Å². The molecule has 7 heteroatoms. The van der Waals surface area contributed by atoms with Crippen LogP contribution in [0.4, 0.5) is 5.13 Å². The van der Waals surface area contributed by atoms with E-state index in [-0.39, 0.29) is 22.7 Å². The molecule has 0 fully saturated rings. The van der Waals surface area contributed by atoms with Gasteiger partial charge in [-0.3, -0.25) is 9.59 Å². The van der Waals surface area contributed by atoms with Crippen molar-refractivity contribution in [1.82, 2.24) is 4.98 Å². The maximum atomic E-state index is 11.4. The van der Waals surface area contributed by atoms with Gasteiger partial charge in [-0.05, 0) is 0 Å². The van der Waals surface area contributed by atoms with Crippen LogP contribution in [-0.2, 0) is 16.0 Å². The largest absolute Gasteiger partial charge is 0.469 e. The molecule has 0 aromatic carbocycles. The minimum Gasteiger partial charge on any atom is -0.469 e. The molecule has 0 bridgehead atoms. The van der Waals surface area contributed by atoms with Crippen LogP contribution in [0.15, 0.2) is 0 Å². The quantitative estimate of drug-likeness (QED) is 0.509. The number of ether oxygens (including phenoxy) is 1. The van der Waals surface area contributed by atoms with Gasteiger partial charge >= 0.3 is 5.97 Å². The van der Waals surface area contributed by atoms with Crippen LogP contribution in [0.2, 0.25) is 0 Å². The van der Waals surface area contributed by atoms with E-state index in [1.807, 2.05) is 0 Å². The molecule has 5 nitrogen and oxygen atoms in total. The number of hydrogen-bond donors (Lipinski definition) is 1. The lowest BCUT2D eigenvalue weighted by atomic mass is 10.2. The summed E-state index contributed by atoms with van der Waals surface area (Å²) in [7, 11) is 1.28. The summed E-state index contributed by atoms with van der Waals surface area (Å²) in [6.07, 6.45) is -0.0295. The van der Waals surface area contributed by atoms with Crippen molar-refractivity contribution in [2.24, 2.45) is 0 Å². The zero-order chi connectivity index (χ0) is 11.4. The normalized spacial score (nSPS) is 10.0. The average molecular weight is 293 g/mol. The van der Waals surface area contributed by atoms with E-state index in [2.05, 4.69) is 25.7 Å². The van der Waals surface area contributed by atoms with Crippen molar-refractivity contribution in [2.45, 2.75) is 6.42 Å². The van der Waals surface area contributed by atoms with Crippen LogP contribution in [0.1, 0.15) is 15.4 Å². The molecule has 0 atom stereocenters. The molecule has 2 N–H and O–H groups in total. The van der Waals surface area contributed by atoms with Gasteiger partial charge in [-0.15, -0.1) is 0 Å². The summed E-state index contributed by atoms with van der Waals surface area (Å²) in [6, 6.07) is 0. The predicted octanol–water partition coefficient (Wildman–Crippen LogP) is 1.02. The van der Waals surface area contributed by atoms with Crippen molar-refractivity contribution in [3.8, 4) is 0 Å². The molecule has 82 valence electrons. The number of methoxy groups -OCH3 is 1. The summed E-state index contributed by atoms with van der Waals surface area (Å²) in [6.45, 7) is 0. The Hall–Kier alpha value is -0.950. The fraction of sp³-hybridized carbons (Fsp3) is 0.375. The standard InChI is InChI=1S/C8H9BrN2O3S/c1-14-6(13)2-4-7(5(12)3-9)15-8(10)11-4/h2-3H2,1H3,(H2,10,11). The second kappa shape index (κ2) is 5.22. The third-order valence-corrected chi connectivity index (χ3v) is 3.11. The fourth-order valence-electron chi connectivity index (χ4n) is 0.977. The second-order valence-corrected chi connectivity index (χ2v) is 4.23. The average Bonchev–Trinajstić information content (AvgIpc) is 2.58. The van der Waals surface area contributed by atoms with Gasteiger partial charge in [-0.25, -0.2) is 4.98 Å². The Morgan fingerprint density at radius 1 is 1.60 bits per heavy atom. The molecular weight excluding hydrogens is 284 g/mol. The van der Waals surface area contributed by atoms with Crippen molar-refractivity contribution in [2.75, 3.05) is 18.2 Å². The monoisotopic (exact) mass is 292 g/mol. The van der Waals surface area contributed by atoms with E-state index < -0.39 is 5.97 Å². The van der Waals surface area contributed by atoms with Gasteiger partial charge in [0.25, 0.3) is 0 Å². The maximum Gasteiger partial charge on any atom is 0.311 e. The number of hydrogen-bond acceptors (Lipinski definition) is 6. The van der Waals surface area contributed by atoms with Gasteiger partial charge in [0.05, 0.1) is 29.4 Å². The topological polar surface area (TPSA) is 82.3 Å². The minimum atomic E-state index is -0.441. The highest BCUT2D eigenvalue weighted by Gasteiger charge is 2.18. The minimum absolute atomic E-state index is 0.0295. The van der Waals surface area contributed by atoms with E-state index in [0.29, 0.717) is 10.6 Å². The number of esters is 1. The fourth-order valence-corrected chi connectivity index (χ4v) is 2.23. The molecule has 0 aliphatic rings. The van der Waals surface area contributed by atoms with Crippen LogP contribution in [-0.4, -0.2) is 29.2 Å². The smallest absolute Gasteiger partial charge is 0.311 e. The third kappa shape index (κ3) is 3.00. The highest BCUT2D eigenvalue weighted by molar-refractivity contribution is 9.09. The van der Waals surface area contributed by atoms with Crippen LogP contribution in [0, 0.1) is 0 Å². The molecule has 1 heterocycles. The molecule has 1 rings (SSSR count). The van der Waals surface area contributed by atoms with Gasteiger partial charge in [-0.1, -0.05) is 27.3 Å². The van der Waals surface area contributed by atoms with Crippen molar-refractivity contribution in [1.29, 1.82) is 0 Å². The number of anilines is 1. The Morgan fingerprint density at radius 3 is 2.80 bits per heavy atom. The molecule has 0 unspecified atom stereocenters. The number of carbonyl (C=O) groups excluding carboxylic acids is 2. The summed E-state index contributed by atoms with van der Waals surface area (Å²) < 4.78 is 4.49. The first-order chi connectivity index (χ1) is 7.08. The SMILES string of the molecule is COC(=O)Cc1nc(N)sc1C(=O)CBr. The third-order valence-electron chi connectivity index (χ3n) is 1.63. The number of rotatable bonds is 4. The number of ketones is 1. The van der Waals surface area contributed by atoms with E-state index in [9.17, 15) is 9.59 Å². The van der Waals surface area contributed by atoms with E-state index in [1.165, 1.54) is 7.11 Å². The summed E-state index contributed by atoms with van der Waals surface area (Å²) in [5.41, 5.74) is 5.86. The summed E-state index contributed by atoms with van der Waals surface area (Å²) >= 11 is 4.13. The predicted molar refractivity (Wildman–Crippen MR) is 60.4 cm³/mol. The Kier molecular flexibility index (Phi) is 4.22. The van der Waals surface area contributed by atoms with Crippen LogP contribution in [0.25, 0.3) is 0 Å². The zero-order valence-electron chi connectivity index (χ0n) is 7.95. The maximum absolute atomic E-state index is 11.4. The van der Waals surface area contributed by atoms with Crippen LogP contribution in [0.5, 0.6) is 0 Å². The molecule has 0 saturated heterocycles. The van der Waals surface area contributed by atoms with Gasteiger partial charge < -0.3 is 10.5 Å². The number of carbonyl (C=O) groups is 2. The lowest BCUT2D eigenvalue weighted by Crippen LogP contribution is -2.09. The van der Waals surface area contributed by atoms with E-state index >= 15 is 0 Å². The van der Waals surface area contributed by atoms with Crippen LogP contribution >= 0.6 is 27.3 Å². The van der Waals surface area contributed by atoms with Crippen molar-refractivity contribution >= 4 is 44.2 Å². The van der Waals surface area contributed by atoms with Gasteiger partial charge in [0.15, 0.2) is 10.9 Å². The van der Waals surface area contributed by atoms with Crippen LogP contribution < -0.4 is 5.73 Å². The molecule has 15 heavy (non-hydrogen) atoms. The molecule has 1 aromatic heterocycles. The molecule has 0 spiro atoms. The Morgan fingerprint density at radius 2 is 2.27 bits per heavy atom. The Balaban J connectivity index is 2.96. The summed E-state index contributed by atoms with van der Waals surface area (Å²) in [5, 5.41) is 0.459. The number of halogens is 1. The number of alkyl halides is 1. The first-order valence-corrected chi connectivity index (χ1v) is 5.93. The number of nitrogens with zero attached hydrogens (tertiary/aromatic N) is 1. The molecular formula is C8H9BrN2O3S. The lowest BCUT2D eigenvalue weighted by molar-refractivity contribution is -0.139. The van der Waals surface area contributed by atoms with Crippen molar-refractivity contribution < 1.29 is 14.3 Å². The first kappa shape index (κ1) is 12.1. The molecule has 0 amide bonds. The lowest BCUT2D eigenvalue weighted by Gasteiger charge is -1.98. The van der Waals surface area contributed by atoms with E-state index in [4.69, 9.17) is 5.73 Å². The van der Waals surface area contributed by atoms with Gasteiger partial charge in [0.1, 0.15) is 0 Å². The van der Waals surface area contributed by atoms with Crippen LogP contribution in [0.3, 0.4) is 0 Å². The van der Waals surface area contributed by atoms with Crippen molar-refractivity contribution in [3.63, 3.8) is 0 Å². The van der Waals surface area contributed by atoms with Gasteiger partial charge in [-0.2, -0.15) is 0 Å². The summed E-state index contributed by atoms with van der Waals surface area (Å²) in [4.78, 5) is 26.8. The molecule has 1 aromatic rings. The van der Waals surface area contributed by atoms with E-state index in [1.54, 1.807) is 0 Å². The van der Waals surface area contributed by atoms with Crippen molar-refractivity contribution in [3.05, 3.63) is 10.6 Å². The zero-order valence-corrected chi connectivity index (χ0v) is 10.4. The molecule has 0 saturated carbocycles. The number of nitrogens with two attached hydrogens (primary N) is 1. The molecule has 0 radical (unpaired) electrons. The Bertz CT molecular complexity index is 391. The van der Waals surface area contributed by atoms with Gasteiger partial charge in [0.2, 0.25) is 0 Å². The second-order valence-electron chi connectivity index (χ2n) is 2.64. The molecule has 0 aliphatic heterocycles.